The van der Waals surface area contributed by atoms with Crippen molar-refractivity contribution >= 4 is 35.8 Å². The van der Waals surface area contributed by atoms with Gasteiger partial charge >= 0.3 is 35.8 Å². The molecule has 7 aliphatic rings. The van der Waals surface area contributed by atoms with E-state index in [2.05, 4.69) is 0 Å². The number of ether oxygens (including phenoxy) is 15. The minimum Gasteiger partial charge on any atom is -0.479 e. The van der Waals surface area contributed by atoms with Crippen molar-refractivity contribution in [1.82, 2.24) is 0 Å². The van der Waals surface area contributed by atoms with Gasteiger partial charge in [0.25, 0.3) is 0 Å². The van der Waals surface area contributed by atoms with Crippen LogP contribution in [0.5, 0.6) is 0 Å². The number of aliphatic carboxylic acids is 3. The number of carbonyl (C=O) groups is 6. The summed E-state index contributed by atoms with van der Waals surface area (Å²) in [4.78, 5) is 76.6. The quantitative estimate of drug-likeness (QED) is 0.0475. The highest BCUT2D eigenvalue weighted by atomic mass is 16.8. The number of carboxylic acids is 3. The van der Waals surface area contributed by atoms with Gasteiger partial charge in [-0.1, -0.05) is 0 Å². The predicted molar refractivity (Wildman–Crippen MR) is 240 cm³/mol. The summed E-state index contributed by atoms with van der Waals surface area (Å²) in [6.45, 7) is 4.63. The number of hydrogen-bond donors (Lipinski definition) is 15. The molecule has 1 aliphatic carbocycles. The van der Waals surface area contributed by atoms with Gasteiger partial charge in [0.05, 0.1) is 33.0 Å². The van der Waals surface area contributed by atoms with E-state index in [9.17, 15) is 105 Å². The highest BCUT2D eigenvalue weighted by Crippen LogP contribution is 2.62. The second-order valence-corrected chi connectivity index (χ2v) is 20.9. The van der Waals surface area contributed by atoms with Gasteiger partial charge in [-0.05, 0) is 20.8 Å². The fourth-order valence-electron chi connectivity index (χ4n) is 10.7. The van der Waals surface area contributed by atoms with Crippen LogP contribution >= 0.6 is 0 Å². The van der Waals surface area contributed by atoms with Crippen molar-refractivity contribution < 1.29 is 176 Å². The molecule has 36 nitrogen and oxygen atoms in total. The van der Waals surface area contributed by atoms with Gasteiger partial charge in [-0.15, -0.1) is 0 Å². The second-order valence-electron chi connectivity index (χ2n) is 20.9. The Hall–Kier alpha value is -4.14. The first-order valence-electron chi connectivity index (χ1n) is 24.7. The summed E-state index contributed by atoms with van der Waals surface area (Å²) >= 11 is 0. The van der Waals surface area contributed by atoms with Gasteiger partial charge in [0.15, 0.2) is 68.1 Å². The lowest BCUT2D eigenvalue weighted by Crippen LogP contribution is -2.69. The second kappa shape index (κ2) is 24.8. The Morgan fingerprint density at radius 1 is 0.383 bits per heavy atom. The first-order chi connectivity index (χ1) is 37.8. The van der Waals surface area contributed by atoms with Gasteiger partial charge < -0.3 is 148 Å². The molecule has 0 aromatic carbocycles. The standard InChI is InChI=1S/C45H66O36/c1-44(2,3)81-26-15(51)19(55)42(80-31(26)38(65)69-6)74-23-13(49)17(53)40(78-28(23)35(61)62)76-25-14(50)18(54)41(79-30(25)37(64)68-5)73-22-12(48)16(52)39(77-27(22)34(59)60)75-24-11(47)10(46)20(71-29(24)36(63)67-4)8-9-21(33(57)58)72-43(70-7)32(56)45(8,9)66/h8-32,39-43,46-56,66H,1-7H3,(H,57,58)(H,59,60)(H,61,62). The normalized spacial score (nSPS) is 48.2. The number of rotatable bonds is 17. The van der Waals surface area contributed by atoms with Crippen molar-refractivity contribution in [3.05, 3.63) is 0 Å². The van der Waals surface area contributed by atoms with Gasteiger partial charge in [-0.3, -0.25) is 0 Å². The van der Waals surface area contributed by atoms with Gasteiger partial charge in [0, 0.05) is 18.9 Å². The van der Waals surface area contributed by atoms with Crippen LogP contribution in [-0.2, 0) is 99.8 Å². The smallest absolute Gasteiger partial charge is 0.337 e. The van der Waals surface area contributed by atoms with Crippen molar-refractivity contribution in [3.63, 3.8) is 0 Å². The third kappa shape index (κ3) is 12.1. The summed E-state index contributed by atoms with van der Waals surface area (Å²) in [5.41, 5.74) is -3.47. The maximum absolute atomic E-state index is 13.2. The fourth-order valence-corrected chi connectivity index (χ4v) is 10.7. The van der Waals surface area contributed by atoms with Crippen molar-refractivity contribution in [1.29, 1.82) is 0 Å². The van der Waals surface area contributed by atoms with Crippen LogP contribution in [-0.4, -0.2) is 324 Å². The summed E-state index contributed by atoms with van der Waals surface area (Å²) < 4.78 is 79.9. The zero-order valence-corrected chi connectivity index (χ0v) is 43.6. The van der Waals surface area contributed by atoms with E-state index in [1.165, 1.54) is 0 Å². The Balaban J connectivity index is 1.05. The third-order valence-electron chi connectivity index (χ3n) is 14.8. The fraction of sp³-hybridized carbons (Fsp3) is 0.867. The molecule has 1 saturated carbocycles. The Kier molecular flexibility index (Phi) is 19.7. The van der Waals surface area contributed by atoms with Crippen LogP contribution in [0.4, 0.5) is 0 Å². The molecule has 31 unspecified atom stereocenters. The predicted octanol–water partition coefficient (Wildman–Crippen LogP) is -10.5. The lowest BCUT2D eigenvalue weighted by atomic mass is 9.90. The highest BCUT2D eigenvalue weighted by molar-refractivity contribution is 5.77. The summed E-state index contributed by atoms with van der Waals surface area (Å²) in [5.74, 6) is -12.8. The Morgan fingerprint density at radius 3 is 1.01 bits per heavy atom. The van der Waals surface area contributed by atoms with Crippen LogP contribution in [0.15, 0.2) is 0 Å². The SMILES string of the molecule is COC(=O)C1OC(OC2C(C(=O)O)OC(OC3C(C(=O)OC)OC(C4C5C(C(=O)O)OC(OC)C(O)C54O)C(O)C3O)C(O)C2O)C(O)C(O)C1OC1OC(C(=O)O)C(OC2OC(C(=O)OC)C(OC(C)(C)C)C(O)C2O)C(O)C1O. The molecule has 0 aromatic rings. The van der Waals surface area contributed by atoms with Gasteiger partial charge in [-0.25, -0.2) is 28.8 Å². The van der Waals surface area contributed by atoms with Crippen molar-refractivity contribution in [2.24, 2.45) is 11.8 Å². The molecular formula is C45H66O36. The molecule has 0 amide bonds. The lowest BCUT2D eigenvalue weighted by Gasteiger charge is -2.48. The maximum Gasteiger partial charge on any atom is 0.337 e. The molecular weight excluding hydrogens is 1120 g/mol. The topological polar surface area (TPSA) is 544 Å². The van der Waals surface area contributed by atoms with E-state index in [4.69, 9.17) is 71.1 Å². The average molecular weight is 1180 g/mol. The molecule has 6 heterocycles. The number of fused-ring (bicyclic) bond motifs is 1. The molecule has 0 aromatic heterocycles. The first kappa shape index (κ1) is 64.4. The van der Waals surface area contributed by atoms with E-state index in [-0.39, 0.29) is 0 Å². The molecule has 7 rings (SSSR count). The summed E-state index contributed by atoms with van der Waals surface area (Å²) in [7, 11) is 3.58. The zero-order chi connectivity index (χ0) is 60.4. The number of methoxy groups -OCH3 is 4. The van der Waals surface area contributed by atoms with E-state index in [0.717, 1.165) is 28.4 Å². The van der Waals surface area contributed by atoms with Crippen LogP contribution < -0.4 is 0 Å². The minimum atomic E-state index is -2.55. The zero-order valence-electron chi connectivity index (χ0n) is 43.6. The van der Waals surface area contributed by atoms with Crippen LogP contribution in [0.25, 0.3) is 0 Å². The van der Waals surface area contributed by atoms with Crippen LogP contribution in [0.1, 0.15) is 20.8 Å². The molecule has 31 atom stereocenters. The maximum atomic E-state index is 13.2. The number of aliphatic hydroxyl groups excluding tert-OH is 11. The first-order valence-corrected chi connectivity index (χ1v) is 24.7. The van der Waals surface area contributed by atoms with Gasteiger partial charge in [0.1, 0.15) is 103 Å². The van der Waals surface area contributed by atoms with Gasteiger partial charge in [0.2, 0.25) is 0 Å². The average Bonchev–Trinajstić information content (AvgIpc) is 2.35. The summed E-state index contributed by atoms with van der Waals surface area (Å²) in [5, 5.41) is 165. The monoisotopic (exact) mass is 1180 g/mol. The summed E-state index contributed by atoms with van der Waals surface area (Å²) in [6.07, 6.45) is -62.9. The molecule has 6 aliphatic heterocycles. The molecule has 462 valence electrons. The molecule has 0 bridgehead atoms. The van der Waals surface area contributed by atoms with E-state index >= 15 is 0 Å². The van der Waals surface area contributed by atoms with Crippen LogP contribution in [0.3, 0.4) is 0 Å². The van der Waals surface area contributed by atoms with E-state index in [1.807, 2.05) is 0 Å². The van der Waals surface area contributed by atoms with Crippen molar-refractivity contribution in [2.75, 3.05) is 28.4 Å². The number of carboxylic acid groups (broad SMARTS) is 3. The number of esters is 3. The lowest BCUT2D eigenvalue weighted by molar-refractivity contribution is -0.383. The van der Waals surface area contributed by atoms with Crippen LogP contribution in [0, 0.1) is 11.8 Å². The van der Waals surface area contributed by atoms with Gasteiger partial charge in [-0.2, -0.15) is 0 Å². The number of aliphatic hydroxyl groups is 12. The molecule has 36 heteroatoms. The molecule has 7 fully saturated rings. The minimum absolute atomic E-state index is 0.773. The largest absolute Gasteiger partial charge is 0.479 e. The number of carbonyl (C=O) groups excluding carboxylic acids is 3. The summed E-state index contributed by atoms with van der Waals surface area (Å²) in [6, 6.07) is 0. The van der Waals surface area contributed by atoms with E-state index in [1.54, 1.807) is 20.8 Å². The Bertz CT molecular complexity index is 2270. The third-order valence-corrected chi connectivity index (χ3v) is 14.8. The molecule has 81 heavy (non-hydrogen) atoms. The van der Waals surface area contributed by atoms with Crippen molar-refractivity contribution in [2.45, 2.75) is 204 Å². The van der Waals surface area contributed by atoms with Crippen LogP contribution in [0.2, 0.25) is 0 Å². The highest BCUT2D eigenvalue weighted by Gasteiger charge is 2.80. The molecule has 0 radical (unpaired) electrons. The van der Waals surface area contributed by atoms with E-state index < -0.39 is 231 Å². The molecule has 15 N–H and O–H groups in total. The Morgan fingerprint density at radius 2 is 0.679 bits per heavy atom. The number of hydrogen-bond acceptors (Lipinski definition) is 33. The molecule has 0 spiro atoms. The van der Waals surface area contributed by atoms with Crippen molar-refractivity contribution in [3.8, 4) is 0 Å². The Labute approximate surface area is 455 Å². The molecule has 6 saturated heterocycles. The van der Waals surface area contributed by atoms with E-state index in [0.29, 0.717) is 0 Å².